The van der Waals surface area contributed by atoms with Gasteiger partial charge in [0.2, 0.25) is 0 Å². The molecular weight excluding hydrogens is 637 g/mol. The number of carboxylic acid groups (broad SMARTS) is 1. The average Bonchev–Trinajstić information content (AvgIpc) is 3.29. The van der Waals surface area contributed by atoms with Crippen LogP contribution in [0.3, 0.4) is 0 Å². The lowest BCUT2D eigenvalue weighted by atomic mass is 9.84. The van der Waals surface area contributed by atoms with E-state index in [2.05, 4.69) is 25.7 Å². The molecule has 0 amide bonds. The molecule has 1 saturated heterocycles. The molecule has 2 heterocycles. The molecule has 242 valence electrons. The second-order valence-corrected chi connectivity index (χ2v) is 12.0. The number of ketones is 1. The molecule has 0 spiro atoms. The number of fused-ring (bicyclic) bond motifs is 1. The number of benzene rings is 2. The third-order valence-corrected chi connectivity index (χ3v) is 8.13. The highest BCUT2D eigenvalue weighted by Crippen LogP contribution is 2.42. The van der Waals surface area contributed by atoms with E-state index in [1.807, 2.05) is 12.1 Å². The van der Waals surface area contributed by atoms with Gasteiger partial charge in [-0.3, -0.25) is 10.2 Å². The highest BCUT2D eigenvalue weighted by atomic mass is 79.9. The van der Waals surface area contributed by atoms with Crippen molar-refractivity contribution in [3.63, 3.8) is 0 Å². The van der Waals surface area contributed by atoms with Gasteiger partial charge in [-0.2, -0.15) is 0 Å². The molecule has 2 N–H and O–H groups in total. The summed E-state index contributed by atoms with van der Waals surface area (Å²) in [4.78, 5) is 28.9. The summed E-state index contributed by atoms with van der Waals surface area (Å²) in [6.07, 6.45) is 0.673. The molecule has 1 unspecified atom stereocenters. The molecule has 0 radical (unpaired) electrons. The van der Waals surface area contributed by atoms with Gasteiger partial charge in [-0.05, 0) is 48.4 Å². The van der Waals surface area contributed by atoms with Crippen LogP contribution < -0.4 is 19.1 Å². The van der Waals surface area contributed by atoms with E-state index >= 15 is 4.39 Å². The van der Waals surface area contributed by atoms with Gasteiger partial charge in [-0.25, -0.2) is 9.18 Å². The first-order chi connectivity index (χ1) is 20.3. The molecular formula is C32H43BrFN3O7. The predicted octanol–water partition coefficient (Wildman–Crippen LogP) is 5.60. The fourth-order valence-corrected chi connectivity index (χ4v) is 5.80. The Balaban J connectivity index is 0.00000529. The van der Waals surface area contributed by atoms with Crippen molar-refractivity contribution < 1.29 is 38.0 Å². The lowest BCUT2D eigenvalue weighted by Crippen LogP contribution is -2.40. The number of nitrogens with one attached hydrogen (secondary N) is 1. The highest BCUT2D eigenvalue weighted by Gasteiger charge is 2.34. The van der Waals surface area contributed by atoms with Crippen LogP contribution in [0.2, 0.25) is 0 Å². The van der Waals surface area contributed by atoms with Crippen LogP contribution in [0.4, 0.5) is 10.1 Å². The van der Waals surface area contributed by atoms with E-state index < -0.39 is 17.9 Å². The molecule has 2 aliphatic rings. The van der Waals surface area contributed by atoms with E-state index in [1.165, 1.54) is 14.2 Å². The number of methoxy groups -OCH3 is 3. The first-order valence-electron chi connectivity index (χ1n) is 14.5. The maximum absolute atomic E-state index is 15.3. The van der Waals surface area contributed by atoms with Crippen LogP contribution in [0.25, 0.3) is 0 Å². The minimum Gasteiger partial charge on any atom is -0.494 e. The van der Waals surface area contributed by atoms with E-state index in [0.717, 1.165) is 11.3 Å². The summed E-state index contributed by atoms with van der Waals surface area (Å²) >= 11 is 0. The Labute approximate surface area is 268 Å². The Morgan fingerprint density at radius 3 is 2.23 bits per heavy atom. The van der Waals surface area contributed by atoms with E-state index in [-0.39, 0.29) is 70.3 Å². The molecule has 10 nitrogen and oxygen atoms in total. The minimum absolute atomic E-state index is 0. The molecule has 0 saturated carbocycles. The Hall–Kier alpha value is -3.38. The van der Waals surface area contributed by atoms with Crippen LogP contribution in [-0.2, 0) is 21.5 Å². The molecule has 2 aromatic carbocycles. The monoisotopic (exact) mass is 679 g/mol. The van der Waals surface area contributed by atoms with Gasteiger partial charge in [0, 0.05) is 30.8 Å². The third kappa shape index (κ3) is 6.96. The van der Waals surface area contributed by atoms with Gasteiger partial charge >= 0.3 is 5.97 Å². The van der Waals surface area contributed by atoms with E-state index in [4.69, 9.17) is 24.4 Å². The lowest BCUT2D eigenvalue weighted by Gasteiger charge is -2.36. The number of Topliss-reactive ketones (excluding diaryl/α,β-unsaturated/α-hetero) is 1. The smallest absolute Gasteiger partial charge is 0.332 e. The van der Waals surface area contributed by atoms with Crippen molar-refractivity contribution in [3.8, 4) is 17.2 Å². The van der Waals surface area contributed by atoms with Crippen LogP contribution in [0.1, 0.15) is 74.0 Å². The molecule has 44 heavy (non-hydrogen) atoms. The highest BCUT2D eigenvalue weighted by molar-refractivity contribution is 8.93. The normalized spacial score (nSPS) is 15.9. The van der Waals surface area contributed by atoms with Crippen LogP contribution in [0.5, 0.6) is 17.2 Å². The van der Waals surface area contributed by atoms with Crippen molar-refractivity contribution in [2.24, 2.45) is 0 Å². The zero-order chi connectivity index (χ0) is 31.6. The molecule has 0 bridgehead atoms. The number of carbonyl (C=O) groups is 2. The van der Waals surface area contributed by atoms with Crippen molar-refractivity contribution in [1.82, 2.24) is 4.90 Å². The number of carbonyl (C=O) groups excluding carboxylic acids is 1. The van der Waals surface area contributed by atoms with Crippen LogP contribution >= 0.6 is 17.0 Å². The van der Waals surface area contributed by atoms with Gasteiger partial charge in [0.05, 0.1) is 45.2 Å². The van der Waals surface area contributed by atoms with Crippen molar-refractivity contribution in [3.05, 3.63) is 46.3 Å². The number of ether oxygens (including phenoxy) is 4. The summed E-state index contributed by atoms with van der Waals surface area (Å²) in [6.45, 7) is 9.23. The topological polar surface area (TPSA) is 122 Å². The SMILES string of the molecule is Br.CCC(OC1CCN(c2cc(C(=O)CN3Cc4cc(OC)c(OC)c(F)c4C3=N)cc(C(C)(C)C)c2OC)CC1)C(=O)O. The number of halogens is 2. The summed E-state index contributed by atoms with van der Waals surface area (Å²) in [5.74, 6) is -1.09. The minimum atomic E-state index is -0.956. The van der Waals surface area contributed by atoms with Gasteiger partial charge in [0.25, 0.3) is 0 Å². The molecule has 1 fully saturated rings. The lowest BCUT2D eigenvalue weighted by molar-refractivity contribution is -0.155. The standard InChI is InChI=1S/C32H42FN3O7.BrH/c1-8-24(31(38)39)43-20-9-11-35(12-10-20)22-14-18(13-21(28(22)41-6)32(2,3)4)23(37)17-36-16-19-15-25(40-5)29(42-7)27(33)26(19)30(36)34;/h13-15,20,24,34H,8-12,16-17H2,1-7H3,(H,38,39);1H. The number of rotatable bonds is 11. The van der Waals surface area contributed by atoms with Gasteiger partial charge in [-0.1, -0.05) is 27.7 Å². The zero-order valence-corrected chi connectivity index (χ0v) is 28.1. The molecule has 0 aromatic heterocycles. The van der Waals surface area contributed by atoms with Crippen LogP contribution in [-0.4, -0.2) is 80.8 Å². The molecule has 2 aromatic rings. The summed E-state index contributed by atoms with van der Waals surface area (Å²) < 4.78 is 37.5. The van der Waals surface area contributed by atoms with Gasteiger partial charge in [0.1, 0.15) is 11.6 Å². The Morgan fingerprint density at radius 2 is 1.70 bits per heavy atom. The Kier molecular flexibility index (Phi) is 11.3. The quantitative estimate of drug-likeness (QED) is 0.292. The summed E-state index contributed by atoms with van der Waals surface area (Å²) in [6, 6.07) is 5.31. The maximum atomic E-state index is 15.3. The van der Waals surface area contributed by atoms with Gasteiger partial charge < -0.3 is 33.9 Å². The Bertz CT molecular complexity index is 1400. The zero-order valence-electron chi connectivity index (χ0n) is 26.4. The third-order valence-electron chi connectivity index (χ3n) is 8.13. The van der Waals surface area contributed by atoms with Crippen molar-refractivity contribution in [1.29, 1.82) is 5.41 Å². The summed E-state index contributed by atoms with van der Waals surface area (Å²) in [5, 5.41) is 18.1. The maximum Gasteiger partial charge on any atom is 0.332 e. The summed E-state index contributed by atoms with van der Waals surface area (Å²) in [7, 11) is 4.38. The van der Waals surface area contributed by atoms with E-state index in [1.54, 1.807) is 25.0 Å². The first kappa shape index (κ1) is 35.1. The van der Waals surface area contributed by atoms with E-state index in [0.29, 0.717) is 49.2 Å². The van der Waals surface area contributed by atoms with Crippen molar-refractivity contribution in [2.45, 2.75) is 71.1 Å². The average molecular weight is 681 g/mol. The number of amidine groups is 1. The number of carboxylic acids is 1. The number of anilines is 1. The van der Waals surface area contributed by atoms with Gasteiger partial charge in [-0.15, -0.1) is 17.0 Å². The number of aliphatic carboxylic acids is 1. The number of hydrogen-bond donors (Lipinski definition) is 2. The largest absolute Gasteiger partial charge is 0.494 e. The second kappa shape index (κ2) is 14.2. The first-order valence-corrected chi connectivity index (χ1v) is 14.5. The number of hydrogen-bond acceptors (Lipinski definition) is 8. The number of piperidine rings is 1. The van der Waals surface area contributed by atoms with E-state index in [9.17, 15) is 14.7 Å². The van der Waals surface area contributed by atoms with Gasteiger partial charge in [0.15, 0.2) is 29.2 Å². The van der Waals surface area contributed by atoms with Crippen molar-refractivity contribution >= 4 is 40.3 Å². The predicted molar refractivity (Wildman–Crippen MR) is 171 cm³/mol. The van der Waals surface area contributed by atoms with Crippen LogP contribution in [0, 0.1) is 11.2 Å². The molecule has 0 aliphatic carbocycles. The molecule has 1 atom stereocenters. The molecule has 12 heteroatoms. The molecule has 2 aliphatic heterocycles. The number of nitrogens with zero attached hydrogens (tertiary/aromatic N) is 2. The molecule has 4 rings (SSSR count). The second-order valence-electron chi connectivity index (χ2n) is 12.0. The summed E-state index contributed by atoms with van der Waals surface area (Å²) in [5.41, 5.74) is 2.43. The fourth-order valence-electron chi connectivity index (χ4n) is 5.80. The van der Waals surface area contributed by atoms with Crippen molar-refractivity contribution in [2.75, 3.05) is 45.9 Å². The fraction of sp³-hybridized carbons (Fsp3) is 0.531. The van der Waals surface area contributed by atoms with Crippen LogP contribution in [0.15, 0.2) is 18.2 Å². The Morgan fingerprint density at radius 1 is 1.07 bits per heavy atom.